The highest BCUT2D eigenvalue weighted by Gasteiger charge is 2.21. The van der Waals surface area contributed by atoms with Gasteiger partial charge in [-0.2, -0.15) is 0 Å². The summed E-state index contributed by atoms with van der Waals surface area (Å²) >= 11 is 0. The summed E-state index contributed by atoms with van der Waals surface area (Å²) in [6, 6.07) is 14.4. The van der Waals surface area contributed by atoms with Crippen LogP contribution in [0, 0.1) is 5.82 Å². The topological polar surface area (TPSA) is 69.2 Å². The number of hydrogen-bond acceptors (Lipinski definition) is 4. The zero-order valence-corrected chi connectivity index (χ0v) is 17.4. The Morgan fingerprint density at radius 3 is 2.43 bits per heavy atom. The zero-order chi connectivity index (χ0) is 21.3. The van der Waals surface area contributed by atoms with Gasteiger partial charge in [-0.15, -0.1) is 0 Å². The molecule has 1 aliphatic heterocycles. The minimum atomic E-state index is -0.496. The summed E-state index contributed by atoms with van der Waals surface area (Å²) in [5, 5.41) is 5.97. The number of rotatable bonds is 5. The number of nitrogens with one attached hydrogen (secondary N) is 2. The van der Waals surface area contributed by atoms with Gasteiger partial charge >= 0.3 is 6.09 Å². The number of hydrogen-bond donors (Lipinski definition) is 2. The van der Waals surface area contributed by atoms with Gasteiger partial charge in [0.05, 0.1) is 19.3 Å². The average Bonchev–Trinajstić information content (AvgIpc) is 2.78. The normalized spacial score (nSPS) is 14.4. The second kappa shape index (κ2) is 10.5. The minimum absolute atomic E-state index is 0.184. The van der Waals surface area contributed by atoms with Crippen LogP contribution in [-0.4, -0.2) is 56.8 Å². The van der Waals surface area contributed by atoms with Crippen LogP contribution >= 0.6 is 0 Å². The molecule has 1 aliphatic rings. The van der Waals surface area contributed by atoms with E-state index in [1.807, 2.05) is 43.3 Å². The van der Waals surface area contributed by atoms with E-state index in [0.29, 0.717) is 17.9 Å². The van der Waals surface area contributed by atoms with E-state index in [-0.39, 0.29) is 5.82 Å². The lowest BCUT2D eigenvalue weighted by molar-refractivity contribution is 0.187. The molecular weight excluding hydrogens is 385 g/mol. The number of carbonyl (C=O) groups is 1. The van der Waals surface area contributed by atoms with Crippen LogP contribution in [0.25, 0.3) is 0 Å². The molecule has 1 amide bonds. The number of nitrogens with zero attached hydrogens (tertiary/aromatic N) is 3. The summed E-state index contributed by atoms with van der Waals surface area (Å²) in [6.45, 7) is 6.34. The van der Waals surface area contributed by atoms with E-state index in [9.17, 15) is 9.18 Å². The second-order valence-corrected chi connectivity index (χ2v) is 6.91. The lowest BCUT2D eigenvalue weighted by Gasteiger charge is -2.37. The van der Waals surface area contributed by atoms with Crippen LogP contribution in [0.2, 0.25) is 0 Å². The molecule has 0 bridgehead atoms. The van der Waals surface area contributed by atoms with Crippen LogP contribution < -0.4 is 15.5 Å². The minimum Gasteiger partial charge on any atom is -0.453 e. The van der Waals surface area contributed by atoms with E-state index in [1.54, 1.807) is 6.07 Å². The van der Waals surface area contributed by atoms with Gasteiger partial charge in [-0.1, -0.05) is 24.3 Å². The van der Waals surface area contributed by atoms with Gasteiger partial charge in [-0.25, -0.2) is 14.2 Å². The number of ether oxygens (including phenoxy) is 1. The largest absolute Gasteiger partial charge is 0.453 e. The lowest BCUT2D eigenvalue weighted by Crippen LogP contribution is -2.52. The van der Waals surface area contributed by atoms with Crippen LogP contribution in [0.1, 0.15) is 12.5 Å². The Labute approximate surface area is 176 Å². The molecular formula is C22H28FN5O2. The van der Waals surface area contributed by atoms with Crippen molar-refractivity contribution in [2.24, 2.45) is 4.99 Å². The van der Waals surface area contributed by atoms with E-state index in [0.717, 1.165) is 44.2 Å². The van der Waals surface area contributed by atoms with Crippen molar-refractivity contribution in [3.63, 3.8) is 0 Å². The van der Waals surface area contributed by atoms with Gasteiger partial charge in [0.1, 0.15) is 5.82 Å². The Morgan fingerprint density at radius 2 is 1.80 bits per heavy atom. The third kappa shape index (κ3) is 5.62. The quantitative estimate of drug-likeness (QED) is 0.582. The fourth-order valence-corrected chi connectivity index (χ4v) is 3.32. The Morgan fingerprint density at radius 1 is 1.10 bits per heavy atom. The van der Waals surface area contributed by atoms with Crippen molar-refractivity contribution < 1.29 is 13.9 Å². The number of aliphatic imine (C=N–C) groups is 1. The van der Waals surface area contributed by atoms with E-state index >= 15 is 0 Å². The summed E-state index contributed by atoms with van der Waals surface area (Å²) in [7, 11) is 1.33. The first-order valence-corrected chi connectivity index (χ1v) is 10.1. The predicted molar refractivity (Wildman–Crippen MR) is 117 cm³/mol. The highest BCUT2D eigenvalue weighted by atomic mass is 19.1. The SMILES string of the molecule is CCNC(=NCc1ccc(NC(=O)OC)cc1)N1CCN(c2ccccc2F)CC1. The third-order valence-electron chi connectivity index (χ3n) is 4.90. The molecule has 3 rings (SSSR count). The highest BCUT2D eigenvalue weighted by molar-refractivity contribution is 5.84. The van der Waals surface area contributed by atoms with Gasteiger partial charge in [0.2, 0.25) is 0 Å². The Bertz CT molecular complexity index is 864. The van der Waals surface area contributed by atoms with Crippen molar-refractivity contribution in [3.8, 4) is 0 Å². The van der Waals surface area contributed by atoms with Crippen LogP contribution in [-0.2, 0) is 11.3 Å². The molecule has 1 heterocycles. The molecule has 2 aromatic carbocycles. The first-order valence-electron chi connectivity index (χ1n) is 10.1. The maximum absolute atomic E-state index is 14.1. The smallest absolute Gasteiger partial charge is 0.411 e. The lowest BCUT2D eigenvalue weighted by atomic mass is 10.2. The van der Waals surface area contributed by atoms with Crippen molar-refractivity contribution in [1.82, 2.24) is 10.2 Å². The molecule has 0 radical (unpaired) electrons. The van der Waals surface area contributed by atoms with Gasteiger partial charge in [-0.05, 0) is 36.8 Å². The number of guanidine groups is 1. The van der Waals surface area contributed by atoms with Crippen LogP contribution in [0.5, 0.6) is 0 Å². The number of anilines is 2. The molecule has 30 heavy (non-hydrogen) atoms. The van der Waals surface area contributed by atoms with E-state index < -0.39 is 6.09 Å². The van der Waals surface area contributed by atoms with Crippen molar-refractivity contribution in [1.29, 1.82) is 0 Å². The Hall–Kier alpha value is -3.29. The molecule has 2 N–H and O–H groups in total. The van der Waals surface area contributed by atoms with Gasteiger partial charge in [0.25, 0.3) is 0 Å². The van der Waals surface area contributed by atoms with Crippen molar-refractivity contribution in [2.75, 3.05) is 50.1 Å². The van der Waals surface area contributed by atoms with Crippen LogP contribution in [0.3, 0.4) is 0 Å². The number of amides is 1. The highest BCUT2D eigenvalue weighted by Crippen LogP contribution is 2.20. The van der Waals surface area contributed by atoms with Gasteiger partial charge in [0.15, 0.2) is 5.96 Å². The van der Waals surface area contributed by atoms with Gasteiger partial charge < -0.3 is 19.9 Å². The maximum atomic E-state index is 14.1. The standard InChI is InChI=1S/C22H28FN5O2/c1-3-24-21(25-16-17-8-10-18(11-9-17)26-22(29)30-2)28-14-12-27(13-15-28)20-7-5-4-6-19(20)23/h4-11H,3,12-16H2,1-2H3,(H,24,25)(H,26,29). The molecule has 0 aromatic heterocycles. The molecule has 0 atom stereocenters. The van der Waals surface area contributed by atoms with Crippen molar-refractivity contribution in [3.05, 3.63) is 59.9 Å². The fourth-order valence-electron chi connectivity index (χ4n) is 3.32. The molecule has 0 aliphatic carbocycles. The van der Waals surface area contributed by atoms with Gasteiger partial charge in [-0.3, -0.25) is 5.32 Å². The average molecular weight is 413 g/mol. The summed E-state index contributed by atoms with van der Waals surface area (Å²) < 4.78 is 18.6. The Kier molecular flexibility index (Phi) is 7.48. The molecule has 0 saturated carbocycles. The molecule has 0 spiro atoms. The molecule has 1 saturated heterocycles. The molecule has 160 valence electrons. The number of benzene rings is 2. The van der Waals surface area contributed by atoms with E-state index in [4.69, 9.17) is 4.99 Å². The van der Waals surface area contributed by atoms with Crippen molar-refractivity contribution >= 4 is 23.4 Å². The monoisotopic (exact) mass is 413 g/mol. The molecule has 1 fully saturated rings. The Balaban J connectivity index is 1.60. The summed E-state index contributed by atoms with van der Waals surface area (Å²) in [5.41, 5.74) is 2.36. The number of halogens is 1. The number of carbonyl (C=O) groups excluding carboxylic acids is 1. The second-order valence-electron chi connectivity index (χ2n) is 6.91. The third-order valence-corrected chi connectivity index (χ3v) is 4.90. The molecule has 7 nitrogen and oxygen atoms in total. The molecule has 0 unspecified atom stereocenters. The molecule has 2 aromatic rings. The number of methoxy groups -OCH3 is 1. The van der Waals surface area contributed by atoms with E-state index in [2.05, 4.69) is 25.2 Å². The number of piperazine rings is 1. The maximum Gasteiger partial charge on any atom is 0.411 e. The van der Waals surface area contributed by atoms with Crippen molar-refractivity contribution in [2.45, 2.75) is 13.5 Å². The fraction of sp³-hybridized carbons (Fsp3) is 0.364. The summed E-state index contributed by atoms with van der Waals surface area (Å²) in [4.78, 5) is 20.3. The van der Waals surface area contributed by atoms with E-state index in [1.165, 1.54) is 13.2 Å². The summed E-state index contributed by atoms with van der Waals surface area (Å²) in [6.07, 6.45) is -0.496. The predicted octanol–water partition coefficient (Wildman–Crippen LogP) is 3.29. The van der Waals surface area contributed by atoms with Crippen LogP contribution in [0.15, 0.2) is 53.5 Å². The first-order chi connectivity index (χ1) is 14.6. The zero-order valence-electron chi connectivity index (χ0n) is 17.4. The molecule has 8 heteroatoms. The number of para-hydroxylation sites is 1. The van der Waals surface area contributed by atoms with Crippen LogP contribution in [0.4, 0.5) is 20.6 Å². The summed E-state index contributed by atoms with van der Waals surface area (Å²) in [5.74, 6) is 0.666. The first kappa shape index (κ1) is 21.4. The van der Waals surface area contributed by atoms with Gasteiger partial charge in [0, 0.05) is 38.4 Å².